The number of pyridine rings is 1. The quantitative estimate of drug-likeness (QED) is 0.851. The Kier molecular flexibility index (Phi) is 3.34. The Morgan fingerprint density at radius 1 is 1.00 bits per heavy atom. The van der Waals surface area contributed by atoms with E-state index >= 15 is 0 Å². The number of rotatable bonds is 2. The van der Waals surface area contributed by atoms with Gasteiger partial charge in [0.2, 0.25) is 0 Å². The molecule has 0 bridgehead atoms. The summed E-state index contributed by atoms with van der Waals surface area (Å²) in [6.45, 7) is 2.06. The van der Waals surface area contributed by atoms with Gasteiger partial charge in [0.15, 0.2) is 0 Å². The molecular formula is C19H26N4O. The van der Waals surface area contributed by atoms with Crippen molar-refractivity contribution in [2.24, 2.45) is 7.05 Å². The average molecular weight is 326 g/mol. The zero-order valence-corrected chi connectivity index (χ0v) is 14.5. The molecule has 128 valence electrons. The van der Waals surface area contributed by atoms with Crippen molar-refractivity contribution in [3.05, 3.63) is 27.7 Å². The summed E-state index contributed by atoms with van der Waals surface area (Å²) in [6, 6.07) is 1.08. The fourth-order valence-electron chi connectivity index (χ4n) is 5.17. The highest BCUT2D eigenvalue weighted by Crippen LogP contribution is 2.34. The lowest BCUT2D eigenvalue weighted by atomic mass is 9.90. The molecule has 1 aliphatic heterocycles. The number of hydrogen-bond donors (Lipinski definition) is 0. The molecule has 0 unspecified atom stereocenters. The van der Waals surface area contributed by atoms with Crippen molar-refractivity contribution < 1.29 is 0 Å². The third kappa shape index (κ3) is 2.03. The number of likely N-dealkylation sites (tertiary alicyclic amines) is 1. The minimum atomic E-state index is 0.261. The van der Waals surface area contributed by atoms with Crippen LogP contribution in [0.5, 0.6) is 0 Å². The minimum absolute atomic E-state index is 0.261. The molecule has 0 atom stereocenters. The first-order valence-electron chi connectivity index (χ1n) is 9.56. The molecule has 0 aromatic carbocycles. The second kappa shape index (κ2) is 5.45. The Morgan fingerprint density at radius 3 is 2.46 bits per heavy atom. The van der Waals surface area contributed by atoms with Crippen LogP contribution in [0.4, 0.5) is 0 Å². The number of hydrogen-bond acceptors (Lipinski definition) is 3. The molecule has 1 saturated heterocycles. The highest BCUT2D eigenvalue weighted by atomic mass is 16.1. The Labute approximate surface area is 142 Å². The monoisotopic (exact) mass is 326 g/mol. The van der Waals surface area contributed by atoms with Crippen LogP contribution in [-0.2, 0) is 19.9 Å². The molecule has 5 nitrogen and oxygen atoms in total. The van der Waals surface area contributed by atoms with Crippen LogP contribution in [0, 0.1) is 0 Å². The maximum absolute atomic E-state index is 13.2. The molecule has 0 spiro atoms. The van der Waals surface area contributed by atoms with Gasteiger partial charge >= 0.3 is 0 Å². The fraction of sp³-hybridized carbons (Fsp3) is 0.684. The van der Waals surface area contributed by atoms with Gasteiger partial charge < -0.3 is 0 Å². The van der Waals surface area contributed by atoms with Crippen molar-refractivity contribution in [3.8, 4) is 0 Å². The van der Waals surface area contributed by atoms with Gasteiger partial charge in [-0.25, -0.2) is 0 Å². The summed E-state index contributed by atoms with van der Waals surface area (Å²) in [5, 5.41) is 5.70. The molecule has 3 aliphatic rings. The van der Waals surface area contributed by atoms with Crippen LogP contribution in [-0.4, -0.2) is 38.4 Å². The summed E-state index contributed by atoms with van der Waals surface area (Å²) >= 11 is 0. The molecule has 5 heteroatoms. The Hall–Kier alpha value is -1.62. The molecule has 0 amide bonds. The van der Waals surface area contributed by atoms with Gasteiger partial charge in [-0.3, -0.25) is 18.9 Å². The highest BCUT2D eigenvalue weighted by molar-refractivity contribution is 5.81. The number of fused-ring (bicyclic) bond motifs is 3. The third-order valence-electron chi connectivity index (χ3n) is 6.50. The van der Waals surface area contributed by atoms with Gasteiger partial charge in [-0.15, -0.1) is 0 Å². The lowest BCUT2D eigenvalue weighted by Gasteiger charge is -2.44. The lowest BCUT2D eigenvalue weighted by Crippen LogP contribution is -2.54. The zero-order valence-electron chi connectivity index (χ0n) is 14.5. The first-order valence-corrected chi connectivity index (χ1v) is 9.56. The van der Waals surface area contributed by atoms with Gasteiger partial charge in [0.25, 0.3) is 5.56 Å². The SMILES string of the molecule is Cn1ncc2c3c(c(=O)n(C4CN(C5CCCC5)C4)c21)CCCC3. The van der Waals surface area contributed by atoms with E-state index in [9.17, 15) is 4.79 Å². The summed E-state index contributed by atoms with van der Waals surface area (Å²) in [6.07, 6.45) is 11.7. The van der Waals surface area contributed by atoms with Gasteiger partial charge in [0.1, 0.15) is 5.65 Å². The molecule has 0 radical (unpaired) electrons. The first kappa shape index (κ1) is 14.7. The summed E-state index contributed by atoms with van der Waals surface area (Å²) in [5.74, 6) is 0. The van der Waals surface area contributed by atoms with Crippen LogP contribution < -0.4 is 5.56 Å². The Morgan fingerprint density at radius 2 is 1.71 bits per heavy atom. The van der Waals surface area contributed by atoms with Crippen LogP contribution in [0.25, 0.3) is 11.0 Å². The van der Waals surface area contributed by atoms with Gasteiger partial charge in [-0.05, 0) is 44.1 Å². The molecule has 24 heavy (non-hydrogen) atoms. The van der Waals surface area contributed by atoms with E-state index in [-0.39, 0.29) is 5.56 Å². The molecule has 2 aliphatic carbocycles. The van der Waals surface area contributed by atoms with Gasteiger partial charge in [-0.1, -0.05) is 12.8 Å². The third-order valence-corrected chi connectivity index (χ3v) is 6.50. The molecule has 3 heterocycles. The van der Waals surface area contributed by atoms with Crippen LogP contribution in [0.3, 0.4) is 0 Å². The fourth-order valence-corrected chi connectivity index (χ4v) is 5.17. The van der Waals surface area contributed by atoms with E-state index in [4.69, 9.17) is 0 Å². The van der Waals surface area contributed by atoms with Gasteiger partial charge in [0, 0.05) is 37.1 Å². The van der Waals surface area contributed by atoms with E-state index in [1.54, 1.807) is 0 Å². The molecular weight excluding hydrogens is 300 g/mol. The largest absolute Gasteiger partial charge is 0.296 e. The predicted octanol–water partition coefficient (Wildman–Crippen LogP) is 2.41. The van der Waals surface area contributed by atoms with Crippen molar-refractivity contribution in [1.29, 1.82) is 0 Å². The Balaban J connectivity index is 1.57. The summed E-state index contributed by atoms with van der Waals surface area (Å²) < 4.78 is 3.99. The molecule has 1 saturated carbocycles. The summed E-state index contributed by atoms with van der Waals surface area (Å²) in [4.78, 5) is 15.8. The van der Waals surface area contributed by atoms with Crippen molar-refractivity contribution in [2.75, 3.05) is 13.1 Å². The zero-order chi connectivity index (χ0) is 16.3. The average Bonchev–Trinajstić information content (AvgIpc) is 3.20. The standard InChI is InChI=1S/C19H26N4O/c1-21-18-17(10-20-21)15-8-4-5-9-16(15)19(24)23(18)14-11-22(12-14)13-6-2-3-7-13/h10,13-14H,2-9,11-12H2,1H3. The highest BCUT2D eigenvalue weighted by Gasteiger charge is 2.37. The van der Waals surface area contributed by atoms with Crippen LogP contribution >= 0.6 is 0 Å². The molecule has 2 aromatic rings. The number of aryl methyl sites for hydroxylation is 2. The first-order chi connectivity index (χ1) is 11.7. The molecule has 2 aromatic heterocycles. The number of aromatic nitrogens is 3. The van der Waals surface area contributed by atoms with Gasteiger partial charge in [0.05, 0.1) is 12.2 Å². The van der Waals surface area contributed by atoms with Gasteiger partial charge in [-0.2, -0.15) is 5.10 Å². The van der Waals surface area contributed by atoms with Crippen molar-refractivity contribution in [1.82, 2.24) is 19.2 Å². The summed E-state index contributed by atoms with van der Waals surface area (Å²) in [5.41, 5.74) is 3.65. The van der Waals surface area contributed by atoms with Crippen LogP contribution in [0.1, 0.15) is 55.7 Å². The van der Waals surface area contributed by atoms with Crippen LogP contribution in [0.2, 0.25) is 0 Å². The number of nitrogens with zero attached hydrogens (tertiary/aromatic N) is 4. The molecule has 2 fully saturated rings. The van der Waals surface area contributed by atoms with Crippen molar-refractivity contribution >= 4 is 11.0 Å². The van der Waals surface area contributed by atoms with E-state index in [0.29, 0.717) is 6.04 Å². The maximum Gasteiger partial charge on any atom is 0.256 e. The van der Waals surface area contributed by atoms with E-state index in [2.05, 4.69) is 14.6 Å². The van der Waals surface area contributed by atoms with Crippen molar-refractivity contribution in [3.63, 3.8) is 0 Å². The van der Waals surface area contributed by atoms with E-state index in [1.165, 1.54) is 43.1 Å². The lowest BCUT2D eigenvalue weighted by molar-refractivity contribution is 0.0613. The van der Waals surface area contributed by atoms with E-state index < -0.39 is 0 Å². The minimum Gasteiger partial charge on any atom is -0.296 e. The second-order valence-electron chi connectivity index (χ2n) is 7.89. The maximum atomic E-state index is 13.2. The predicted molar refractivity (Wildman–Crippen MR) is 94.5 cm³/mol. The topological polar surface area (TPSA) is 43.1 Å². The van der Waals surface area contributed by atoms with E-state index in [1.807, 2.05) is 17.9 Å². The smallest absolute Gasteiger partial charge is 0.256 e. The second-order valence-corrected chi connectivity index (χ2v) is 7.89. The summed E-state index contributed by atoms with van der Waals surface area (Å²) in [7, 11) is 1.97. The van der Waals surface area contributed by atoms with Crippen molar-refractivity contribution in [2.45, 2.75) is 63.5 Å². The van der Waals surface area contributed by atoms with Crippen LogP contribution in [0.15, 0.2) is 11.0 Å². The van der Waals surface area contributed by atoms with E-state index in [0.717, 1.165) is 49.6 Å². The molecule has 0 N–H and O–H groups in total. The molecule has 5 rings (SSSR count). The Bertz CT molecular complexity index is 837. The normalized spacial score (nSPS) is 22.9.